The van der Waals surface area contributed by atoms with Gasteiger partial charge in [-0.1, -0.05) is 0 Å². The Morgan fingerprint density at radius 2 is 2.07 bits per heavy atom. The number of nitrogens with two attached hydrogens (primary N) is 1. The van der Waals surface area contributed by atoms with E-state index in [1.54, 1.807) is 0 Å². The summed E-state index contributed by atoms with van der Waals surface area (Å²) in [6, 6.07) is 1.28. The summed E-state index contributed by atoms with van der Waals surface area (Å²) >= 11 is 0. The van der Waals surface area contributed by atoms with Crippen molar-refractivity contribution in [2.24, 2.45) is 5.73 Å². The molecular weight excluding hydrogens is 202 g/mol. The zero-order valence-corrected chi connectivity index (χ0v) is 7.43. The number of anilines is 1. The zero-order valence-electron chi connectivity index (χ0n) is 7.43. The minimum Gasteiger partial charge on any atom is -0.474 e. The molecule has 1 rings (SSSR count). The summed E-state index contributed by atoms with van der Waals surface area (Å²) in [7, 11) is 0. The van der Waals surface area contributed by atoms with E-state index in [0.717, 1.165) is 6.20 Å². The summed E-state index contributed by atoms with van der Waals surface area (Å²) < 4.78 is 0. The molecule has 1 heterocycles. The number of nitrogens with zero attached hydrogens (tertiary/aromatic N) is 1. The summed E-state index contributed by atoms with van der Waals surface area (Å²) in [5.41, 5.74) is 4.97. The molecule has 2 amide bonds. The van der Waals surface area contributed by atoms with Crippen LogP contribution in [0.3, 0.4) is 0 Å². The van der Waals surface area contributed by atoms with Crippen LogP contribution in [0.2, 0.25) is 0 Å². The van der Waals surface area contributed by atoms with Crippen LogP contribution < -0.4 is 11.1 Å². The highest BCUT2D eigenvalue weighted by Gasteiger charge is 2.15. The molecule has 0 unspecified atom stereocenters. The Kier molecular flexibility index (Phi) is 2.97. The molecule has 0 saturated heterocycles. The average molecular weight is 209 g/mol. The second-order valence-corrected chi connectivity index (χ2v) is 2.54. The summed E-state index contributed by atoms with van der Waals surface area (Å²) in [6.07, 6.45) is 2.44. The molecule has 1 aromatic rings. The lowest BCUT2D eigenvalue weighted by molar-refractivity contribution is -0.147. The molecular formula is C8H7N3O4. The number of rotatable bonds is 2. The summed E-state index contributed by atoms with van der Waals surface area (Å²) in [6.45, 7) is 0. The van der Waals surface area contributed by atoms with Crippen LogP contribution in [0.1, 0.15) is 10.4 Å². The number of primary amides is 1. The number of carbonyl (C=O) groups is 3. The molecule has 0 aliphatic heterocycles. The molecule has 0 spiro atoms. The topological polar surface area (TPSA) is 122 Å². The number of carbonyl (C=O) groups excluding carboxylic acids is 2. The maximum Gasteiger partial charge on any atom is 0.394 e. The van der Waals surface area contributed by atoms with E-state index in [1.807, 2.05) is 5.32 Å². The molecule has 1 aromatic heterocycles. The number of carboxylic acid groups (broad SMARTS) is 1. The summed E-state index contributed by atoms with van der Waals surface area (Å²) in [5.74, 6) is -3.70. The highest BCUT2D eigenvalue weighted by Crippen LogP contribution is 2.11. The number of amides is 2. The van der Waals surface area contributed by atoms with Gasteiger partial charge in [0.05, 0.1) is 17.4 Å². The van der Waals surface area contributed by atoms with Gasteiger partial charge < -0.3 is 16.2 Å². The van der Waals surface area contributed by atoms with Crippen molar-refractivity contribution in [1.29, 1.82) is 0 Å². The molecule has 0 fully saturated rings. The zero-order chi connectivity index (χ0) is 11.4. The number of aromatic nitrogens is 1. The van der Waals surface area contributed by atoms with Crippen LogP contribution in [0.15, 0.2) is 18.5 Å². The maximum atomic E-state index is 10.9. The lowest BCUT2D eigenvalue weighted by Crippen LogP contribution is -2.24. The van der Waals surface area contributed by atoms with Crippen LogP contribution >= 0.6 is 0 Å². The van der Waals surface area contributed by atoms with E-state index in [2.05, 4.69) is 4.98 Å². The Labute approximate surface area is 83.9 Å². The molecule has 7 nitrogen and oxygen atoms in total. The third kappa shape index (κ3) is 2.50. The second kappa shape index (κ2) is 4.18. The van der Waals surface area contributed by atoms with Gasteiger partial charge in [-0.15, -0.1) is 0 Å². The predicted octanol–water partition coefficient (Wildman–Crippen LogP) is -0.796. The van der Waals surface area contributed by atoms with Gasteiger partial charge in [0.25, 0.3) is 5.91 Å². The largest absolute Gasteiger partial charge is 0.474 e. The standard InChI is InChI=1S/C8H7N3O4/c9-6(12)4-1-2-10-3-5(4)11-7(13)8(14)15/h1-3H,(H2,9,12)(H,11,13)(H,14,15). The SMILES string of the molecule is NC(=O)c1ccncc1NC(=O)C(=O)O. The van der Waals surface area contributed by atoms with E-state index in [-0.39, 0.29) is 11.3 Å². The number of aliphatic carboxylic acids is 1. The first-order chi connectivity index (χ1) is 7.02. The van der Waals surface area contributed by atoms with Gasteiger partial charge in [0, 0.05) is 6.20 Å². The van der Waals surface area contributed by atoms with Crippen molar-refractivity contribution in [3.05, 3.63) is 24.0 Å². The fourth-order valence-corrected chi connectivity index (χ4v) is 0.885. The maximum absolute atomic E-state index is 10.9. The molecule has 7 heteroatoms. The lowest BCUT2D eigenvalue weighted by atomic mass is 10.2. The molecule has 4 N–H and O–H groups in total. The smallest absolute Gasteiger partial charge is 0.394 e. The Morgan fingerprint density at radius 1 is 1.40 bits per heavy atom. The van der Waals surface area contributed by atoms with Crippen molar-refractivity contribution < 1.29 is 19.5 Å². The van der Waals surface area contributed by atoms with Crippen molar-refractivity contribution in [2.75, 3.05) is 5.32 Å². The van der Waals surface area contributed by atoms with Crippen LogP contribution in [0, 0.1) is 0 Å². The van der Waals surface area contributed by atoms with Gasteiger partial charge >= 0.3 is 11.9 Å². The molecule has 0 aliphatic rings. The van der Waals surface area contributed by atoms with E-state index in [9.17, 15) is 14.4 Å². The minimum atomic E-state index is -1.66. The number of carboxylic acids is 1. The molecule has 78 valence electrons. The predicted molar refractivity (Wildman–Crippen MR) is 49.0 cm³/mol. The van der Waals surface area contributed by atoms with Crippen LogP contribution in [0.4, 0.5) is 5.69 Å². The van der Waals surface area contributed by atoms with Crippen molar-refractivity contribution >= 4 is 23.5 Å². The Morgan fingerprint density at radius 3 is 2.60 bits per heavy atom. The van der Waals surface area contributed by atoms with E-state index in [1.165, 1.54) is 12.3 Å². The van der Waals surface area contributed by atoms with Gasteiger partial charge in [0.2, 0.25) is 0 Å². The van der Waals surface area contributed by atoms with E-state index in [4.69, 9.17) is 10.8 Å². The minimum absolute atomic E-state index is 0.000370. The fourth-order valence-electron chi connectivity index (χ4n) is 0.885. The third-order valence-electron chi connectivity index (χ3n) is 1.53. The lowest BCUT2D eigenvalue weighted by Gasteiger charge is -2.05. The number of hydrogen-bond acceptors (Lipinski definition) is 4. The average Bonchev–Trinajstić information content (AvgIpc) is 2.18. The third-order valence-corrected chi connectivity index (χ3v) is 1.53. The van der Waals surface area contributed by atoms with Gasteiger partial charge in [0.1, 0.15) is 0 Å². The molecule has 0 radical (unpaired) electrons. The number of hydrogen-bond donors (Lipinski definition) is 3. The van der Waals surface area contributed by atoms with Crippen molar-refractivity contribution in [3.63, 3.8) is 0 Å². The quantitative estimate of drug-likeness (QED) is 0.550. The van der Waals surface area contributed by atoms with E-state index >= 15 is 0 Å². The number of pyridine rings is 1. The second-order valence-electron chi connectivity index (χ2n) is 2.54. The highest BCUT2D eigenvalue weighted by atomic mass is 16.4. The van der Waals surface area contributed by atoms with Crippen molar-refractivity contribution in [2.45, 2.75) is 0 Å². The molecule has 0 aliphatic carbocycles. The Hall–Kier alpha value is -2.44. The number of nitrogens with one attached hydrogen (secondary N) is 1. The van der Waals surface area contributed by atoms with Crippen LogP contribution in [0.5, 0.6) is 0 Å². The molecule has 0 saturated carbocycles. The molecule has 0 aromatic carbocycles. The molecule has 0 bridgehead atoms. The highest BCUT2D eigenvalue weighted by molar-refractivity contribution is 6.36. The first-order valence-electron chi connectivity index (χ1n) is 3.80. The van der Waals surface area contributed by atoms with Gasteiger partial charge in [-0.05, 0) is 6.07 Å². The van der Waals surface area contributed by atoms with E-state index in [0.29, 0.717) is 0 Å². The van der Waals surface area contributed by atoms with Gasteiger partial charge in [0.15, 0.2) is 0 Å². The van der Waals surface area contributed by atoms with Gasteiger partial charge in [-0.3, -0.25) is 14.6 Å². The Bertz CT molecular complexity index is 430. The molecule has 0 atom stereocenters. The normalized spacial score (nSPS) is 9.33. The van der Waals surface area contributed by atoms with Crippen molar-refractivity contribution in [1.82, 2.24) is 4.98 Å². The Balaban J connectivity index is 2.99. The van der Waals surface area contributed by atoms with Crippen LogP contribution in [0.25, 0.3) is 0 Å². The van der Waals surface area contributed by atoms with Crippen LogP contribution in [-0.2, 0) is 9.59 Å². The van der Waals surface area contributed by atoms with Crippen molar-refractivity contribution in [3.8, 4) is 0 Å². The van der Waals surface area contributed by atoms with Gasteiger partial charge in [-0.25, -0.2) is 4.79 Å². The first kappa shape index (κ1) is 10.6. The monoisotopic (exact) mass is 209 g/mol. The summed E-state index contributed by atoms with van der Waals surface area (Å²) in [4.78, 5) is 35.5. The van der Waals surface area contributed by atoms with E-state index < -0.39 is 17.8 Å². The fraction of sp³-hybridized carbons (Fsp3) is 0. The van der Waals surface area contributed by atoms with Crippen LogP contribution in [-0.4, -0.2) is 27.9 Å². The first-order valence-corrected chi connectivity index (χ1v) is 3.80. The molecule has 15 heavy (non-hydrogen) atoms. The summed E-state index contributed by atoms with van der Waals surface area (Å²) in [5, 5.41) is 10.3. The van der Waals surface area contributed by atoms with Gasteiger partial charge in [-0.2, -0.15) is 0 Å².